The summed E-state index contributed by atoms with van der Waals surface area (Å²) in [6.45, 7) is 2.05. The van der Waals surface area contributed by atoms with Crippen molar-refractivity contribution in [1.82, 2.24) is 0 Å². The maximum absolute atomic E-state index is 14.6. The second-order valence-corrected chi connectivity index (χ2v) is 7.01. The first kappa shape index (κ1) is 21.8. The molecule has 0 spiro atoms. The molecular formula is C24H21F5O. The molecule has 30 heavy (non-hydrogen) atoms. The van der Waals surface area contributed by atoms with E-state index in [-0.39, 0.29) is 11.3 Å². The third-order valence-electron chi connectivity index (χ3n) is 4.83. The summed E-state index contributed by atoms with van der Waals surface area (Å²) in [6, 6.07) is 15.4. The number of ether oxygens (including phenoxy) is 1. The Bertz CT molecular complexity index is 976. The summed E-state index contributed by atoms with van der Waals surface area (Å²) in [5.41, 5.74) is 2.48. The Balaban J connectivity index is 1.78. The molecule has 0 aliphatic rings. The van der Waals surface area contributed by atoms with Crippen molar-refractivity contribution in [2.45, 2.75) is 39.0 Å². The van der Waals surface area contributed by atoms with Gasteiger partial charge in [0.1, 0.15) is 5.75 Å². The Morgan fingerprint density at radius 3 is 1.83 bits per heavy atom. The molecule has 3 aromatic carbocycles. The van der Waals surface area contributed by atoms with Crippen molar-refractivity contribution in [3.63, 3.8) is 0 Å². The number of unbranched alkanes of at least 4 members (excludes halogenated alkanes) is 2. The van der Waals surface area contributed by atoms with E-state index in [0.29, 0.717) is 23.1 Å². The van der Waals surface area contributed by atoms with Crippen LogP contribution >= 0.6 is 0 Å². The minimum absolute atomic E-state index is 0.173. The zero-order valence-electron chi connectivity index (χ0n) is 16.4. The highest BCUT2D eigenvalue weighted by Gasteiger charge is 2.30. The van der Waals surface area contributed by atoms with E-state index in [9.17, 15) is 22.0 Å². The Hall–Kier alpha value is -2.89. The molecule has 0 aliphatic carbocycles. The van der Waals surface area contributed by atoms with Crippen LogP contribution in [-0.4, -0.2) is 6.36 Å². The van der Waals surface area contributed by atoms with Crippen LogP contribution in [0.15, 0.2) is 60.7 Å². The molecule has 0 amide bonds. The molecule has 6 heteroatoms. The molecule has 1 nitrogen and oxygen atoms in total. The topological polar surface area (TPSA) is 9.23 Å². The van der Waals surface area contributed by atoms with Gasteiger partial charge < -0.3 is 4.74 Å². The lowest BCUT2D eigenvalue weighted by Gasteiger charge is -2.11. The number of halogens is 5. The van der Waals surface area contributed by atoms with Crippen LogP contribution in [0, 0.1) is 11.6 Å². The molecule has 0 saturated carbocycles. The van der Waals surface area contributed by atoms with Gasteiger partial charge in [0, 0.05) is 5.56 Å². The Labute approximate surface area is 172 Å². The predicted molar refractivity (Wildman–Crippen MR) is 107 cm³/mol. The summed E-state index contributed by atoms with van der Waals surface area (Å²) in [4.78, 5) is 0. The van der Waals surface area contributed by atoms with Crippen LogP contribution in [-0.2, 0) is 6.42 Å². The number of aryl methyl sites for hydroxylation is 1. The average Bonchev–Trinajstić information content (AvgIpc) is 2.71. The molecule has 0 N–H and O–H groups in total. The lowest BCUT2D eigenvalue weighted by Crippen LogP contribution is -2.16. The predicted octanol–water partition coefficient (Wildman–Crippen LogP) is 7.93. The van der Waals surface area contributed by atoms with Gasteiger partial charge >= 0.3 is 6.36 Å². The number of hydrogen-bond donors (Lipinski definition) is 0. The Kier molecular flexibility index (Phi) is 6.75. The smallest absolute Gasteiger partial charge is 0.406 e. The van der Waals surface area contributed by atoms with Gasteiger partial charge in [-0.3, -0.25) is 0 Å². The molecule has 0 atom stereocenters. The van der Waals surface area contributed by atoms with Crippen LogP contribution in [0.1, 0.15) is 31.7 Å². The van der Waals surface area contributed by atoms with Crippen LogP contribution in [0.2, 0.25) is 0 Å². The lowest BCUT2D eigenvalue weighted by atomic mass is 9.97. The highest BCUT2D eigenvalue weighted by Crippen LogP contribution is 2.31. The first-order valence-corrected chi connectivity index (χ1v) is 9.72. The summed E-state index contributed by atoms with van der Waals surface area (Å²) in [6.07, 6.45) is -1.45. The van der Waals surface area contributed by atoms with Crippen LogP contribution in [0.5, 0.6) is 5.75 Å². The molecule has 0 unspecified atom stereocenters. The van der Waals surface area contributed by atoms with Crippen molar-refractivity contribution < 1.29 is 26.7 Å². The maximum Gasteiger partial charge on any atom is 0.573 e. The fourth-order valence-corrected chi connectivity index (χ4v) is 3.26. The van der Waals surface area contributed by atoms with Crippen LogP contribution in [0.4, 0.5) is 22.0 Å². The van der Waals surface area contributed by atoms with Gasteiger partial charge in [-0.1, -0.05) is 68.3 Å². The molecule has 0 saturated heterocycles. The minimum Gasteiger partial charge on any atom is -0.406 e. The summed E-state index contributed by atoms with van der Waals surface area (Å²) >= 11 is 0. The minimum atomic E-state index is -4.74. The van der Waals surface area contributed by atoms with Gasteiger partial charge in [0.2, 0.25) is 0 Å². The van der Waals surface area contributed by atoms with Gasteiger partial charge in [0.15, 0.2) is 11.6 Å². The van der Waals surface area contributed by atoms with E-state index in [1.807, 2.05) is 6.92 Å². The molecule has 0 radical (unpaired) electrons. The second kappa shape index (κ2) is 9.28. The van der Waals surface area contributed by atoms with E-state index in [0.717, 1.165) is 24.8 Å². The Morgan fingerprint density at radius 1 is 0.700 bits per heavy atom. The molecule has 158 valence electrons. The Morgan fingerprint density at radius 2 is 1.27 bits per heavy atom. The van der Waals surface area contributed by atoms with E-state index in [1.54, 1.807) is 36.4 Å². The normalized spacial score (nSPS) is 11.5. The van der Waals surface area contributed by atoms with Gasteiger partial charge in [-0.15, -0.1) is 13.2 Å². The average molecular weight is 420 g/mol. The fourth-order valence-electron chi connectivity index (χ4n) is 3.26. The van der Waals surface area contributed by atoms with Crippen molar-refractivity contribution in [2.24, 2.45) is 0 Å². The monoisotopic (exact) mass is 420 g/mol. The third kappa shape index (κ3) is 5.38. The van der Waals surface area contributed by atoms with Crippen molar-refractivity contribution in [3.05, 3.63) is 77.9 Å². The van der Waals surface area contributed by atoms with Gasteiger partial charge in [0.25, 0.3) is 0 Å². The quantitative estimate of drug-likeness (QED) is 0.279. The number of alkyl halides is 3. The summed E-state index contributed by atoms with van der Waals surface area (Å²) in [5, 5.41) is 0. The second-order valence-electron chi connectivity index (χ2n) is 7.01. The summed E-state index contributed by atoms with van der Waals surface area (Å²) in [7, 11) is 0. The maximum atomic E-state index is 14.6. The highest BCUT2D eigenvalue weighted by atomic mass is 19.4. The molecule has 0 bridgehead atoms. The van der Waals surface area contributed by atoms with Gasteiger partial charge in [0.05, 0.1) is 0 Å². The van der Waals surface area contributed by atoms with E-state index in [2.05, 4.69) is 4.74 Å². The molecule has 0 aliphatic heterocycles. The van der Waals surface area contributed by atoms with E-state index < -0.39 is 18.0 Å². The van der Waals surface area contributed by atoms with Crippen molar-refractivity contribution >= 4 is 0 Å². The molecular weight excluding hydrogens is 399 g/mol. The third-order valence-corrected chi connectivity index (χ3v) is 4.83. The molecule has 3 aromatic rings. The molecule has 0 fully saturated rings. The SMILES string of the molecule is CCCCCc1ccc(-c2ccc(-c3ccc(OC(F)(F)F)cc3)cc2)c(F)c1F. The largest absolute Gasteiger partial charge is 0.573 e. The first-order chi connectivity index (χ1) is 14.3. The number of hydrogen-bond acceptors (Lipinski definition) is 1. The van der Waals surface area contributed by atoms with Crippen molar-refractivity contribution in [1.29, 1.82) is 0 Å². The zero-order chi connectivity index (χ0) is 21.7. The standard InChI is InChI=1S/C24H21F5O/c1-2-3-4-5-19-12-15-21(23(26)22(19)25)18-8-6-16(7-9-18)17-10-13-20(14-11-17)30-24(27,28)29/h6-15H,2-5H2,1H3. The van der Waals surface area contributed by atoms with Crippen molar-refractivity contribution in [3.8, 4) is 28.0 Å². The van der Waals surface area contributed by atoms with Gasteiger partial charge in [-0.05, 0) is 47.2 Å². The van der Waals surface area contributed by atoms with Crippen molar-refractivity contribution in [2.75, 3.05) is 0 Å². The van der Waals surface area contributed by atoms with E-state index in [1.165, 1.54) is 24.3 Å². The van der Waals surface area contributed by atoms with E-state index in [4.69, 9.17) is 0 Å². The first-order valence-electron chi connectivity index (χ1n) is 9.72. The fraction of sp³-hybridized carbons (Fsp3) is 0.250. The lowest BCUT2D eigenvalue weighted by molar-refractivity contribution is -0.274. The number of benzene rings is 3. The molecule has 3 rings (SSSR count). The van der Waals surface area contributed by atoms with Crippen LogP contribution in [0.25, 0.3) is 22.3 Å². The van der Waals surface area contributed by atoms with Gasteiger partial charge in [-0.25, -0.2) is 8.78 Å². The summed E-state index contributed by atoms with van der Waals surface area (Å²) in [5.74, 6) is -1.99. The van der Waals surface area contributed by atoms with Crippen LogP contribution in [0.3, 0.4) is 0 Å². The van der Waals surface area contributed by atoms with Gasteiger partial charge in [-0.2, -0.15) is 0 Å². The molecule has 0 aromatic heterocycles. The zero-order valence-corrected chi connectivity index (χ0v) is 16.4. The number of rotatable bonds is 7. The molecule has 0 heterocycles. The van der Waals surface area contributed by atoms with Crippen LogP contribution < -0.4 is 4.74 Å². The summed E-state index contributed by atoms with van der Waals surface area (Å²) < 4.78 is 69.6. The van der Waals surface area contributed by atoms with E-state index >= 15 is 0 Å². The highest BCUT2D eigenvalue weighted by molar-refractivity contribution is 5.71.